The van der Waals surface area contributed by atoms with Gasteiger partial charge >= 0.3 is 0 Å². The topological polar surface area (TPSA) is 49.7 Å². The Morgan fingerprint density at radius 2 is 1.30 bits per heavy atom. The van der Waals surface area contributed by atoms with Crippen molar-refractivity contribution in [2.24, 2.45) is 0 Å². The zero-order valence-electron chi connectivity index (χ0n) is 11.6. The third-order valence-electron chi connectivity index (χ3n) is 3.40. The predicted octanol–water partition coefficient (Wildman–Crippen LogP) is 3.24. The van der Waals surface area contributed by atoms with Crippen LogP contribution >= 0.6 is 0 Å². The summed E-state index contributed by atoms with van der Waals surface area (Å²) in [4.78, 5) is 0. The van der Waals surface area contributed by atoms with Gasteiger partial charge in [0.15, 0.2) is 0 Å². The minimum atomic E-state index is -0.570. The van der Waals surface area contributed by atoms with Gasteiger partial charge in [-0.3, -0.25) is 0 Å². The van der Waals surface area contributed by atoms with Crippen LogP contribution in [0.2, 0.25) is 0 Å². The Kier molecular flexibility index (Phi) is 5.16. The van der Waals surface area contributed by atoms with Crippen LogP contribution in [0, 0.1) is 0 Å². The first-order chi connectivity index (χ1) is 9.70. The molecule has 20 heavy (non-hydrogen) atoms. The van der Waals surface area contributed by atoms with E-state index in [9.17, 15) is 10.2 Å². The van der Waals surface area contributed by atoms with Gasteiger partial charge in [-0.1, -0.05) is 42.5 Å². The largest absolute Gasteiger partial charge is 0.497 e. The molecular weight excluding hydrogens is 252 g/mol. The molecule has 2 rings (SSSR count). The number of benzene rings is 2. The molecule has 0 aliphatic carbocycles. The van der Waals surface area contributed by atoms with E-state index in [0.29, 0.717) is 12.8 Å². The molecule has 0 fully saturated rings. The molecule has 0 saturated heterocycles. The Morgan fingerprint density at radius 3 is 1.80 bits per heavy atom. The van der Waals surface area contributed by atoms with Crippen LogP contribution in [-0.2, 0) is 0 Å². The summed E-state index contributed by atoms with van der Waals surface area (Å²) in [7, 11) is 1.61. The first kappa shape index (κ1) is 14.6. The number of ether oxygens (including phenoxy) is 1. The van der Waals surface area contributed by atoms with Crippen LogP contribution in [0.1, 0.15) is 36.2 Å². The maximum Gasteiger partial charge on any atom is 0.118 e. The highest BCUT2D eigenvalue weighted by Gasteiger charge is 2.12. The summed E-state index contributed by atoms with van der Waals surface area (Å²) < 4.78 is 5.08. The van der Waals surface area contributed by atoms with Gasteiger partial charge in [-0.05, 0) is 36.1 Å². The lowest BCUT2D eigenvalue weighted by Gasteiger charge is -2.15. The molecule has 0 radical (unpaired) electrons. The standard InChI is InChI=1S/C17H20O3/c1-20-15-9-7-14(8-10-15)17(19)12-11-16(18)13-5-3-2-4-6-13/h2-10,16-19H,11-12H2,1H3/t16-,17+/m1/s1. The molecule has 3 heteroatoms. The van der Waals surface area contributed by atoms with Gasteiger partial charge in [-0.15, -0.1) is 0 Å². The second-order valence-electron chi connectivity index (χ2n) is 4.79. The van der Waals surface area contributed by atoms with Crippen molar-refractivity contribution in [1.82, 2.24) is 0 Å². The summed E-state index contributed by atoms with van der Waals surface area (Å²) in [6.07, 6.45) is -0.0667. The molecule has 0 spiro atoms. The van der Waals surface area contributed by atoms with E-state index in [1.807, 2.05) is 54.6 Å². The molecule has 0 aliphatic rings. The number of rotatable bonds is 6. The van der Waals surface area contributed by atoms with Crippen molar-refractivity contribution < 1.29 is 14.9 Å². The lowest BCUT2D eigenvalue weighted by molar-refractivity contribution is 0.115. The molecule has 3 nitrogen and oxygen atoms in total. The molecule has 0 bridgehead atoms. The van der Waals surface area contributed by atoms with Crippen molar-refractivity contribution in [3.8, 4) is 5.75 Å². The Balaban J connectivity index is 1.89. The number of hydrogen-bond donors (Lipinski definition) is 2. The van der Waals surface area contributed by atoms with Gasteiger partial charge in [-0.2, -0.15) is 0 Å². The summed E-state index contributed by atoms with van der Waals surface area (Å²) in [6.45, 7) is 0. The third-order valence-corrected chi connectivity index (χ3v) is 3.40. The van der Waals surface area contributed by atoms with Gasteiger partial charge in [0, 0.05) is 0 Å². The van der Waals surface area contributed by atoms with Gasteiger partial charge in [0.25, 0.3) is 0 Å². The Labute approximate surface area is 119 Å². The lowest BCUT2D eigenvalue weighted by atomic mass is 9.99. The zero-order chi connectivity index (χ0) is 14.4. The van der Waals surface area contributed by atoms with Gasteiger partial charge in [0.2, 0.25) is 0 Å². The van der Waals surface area contributed by atoms with Crippen LogP contribution in [0.5, 0.6) is 5.75 Å². The molecule has 106 valence electrons. The van der Waals surface area contributed by atoms with Gasteiger partial charge < -0.3 is 14.9 Å². The molecule has 0 aromatic heterocycles. The quantitative estimate of drug-likeness (QED) is 0.848. The smallest absolute Gasteiger partial charge is 0.118 e. The van der Waals surface area contributed by atoms with Crippen LogP contribution < -0.4 is 4.74 Å². The molecule has 0 unspecified atom stereocenters. The molecule has 2 aromatic carbocycles. The second kappa shape index (κ2) is 7.08. The molecular formula is C17H20O3. The van der Waals surface area contributed by atoms with E-state index in [0.717, 1.165) is 16.9 Å². The summed E-state index contributed by atoms with van der Waals surface area (Å²) in [5, 5.41) is 20.2. The van der Waals surface area contributed by atoms with E-state index in [1.54, 1.807) is 7.11 Å². The van der Waals surface area contributed by atoms with Crippen LogP contribution in [0.25, 0.3) is 0 Å². The molecule has 0 amide bonds. The minimum absolute atomic E-state index is 0.516. The van der Waals surface area contributed by atoms with Crippen molar-refractivity contribution in [1.29, 1.82) is 0 Å². The maximum absolute atomic E-state index is 10.1. The predicted molar refractivity (Wildman–Crippen MR) is 78.6 cm³/mol. The normalized spacial score (nSPS) is 13.8. The van der Waals surface area contributed by atoms with E-state index in [4.69, 9.17) is 4.74 Å². The van der Waals surface area contributed by atoms with Crippen LogP contribution in [0.4, 0.5) is 0 Å². The van der Waals surface area contributed by atoms with Crippen LogP contribution in [-0.4, -0.2) is 17.3 Å². The lowest BCUT2D eigenvalue weighted by Crippen LogP contribution is -2.03. The van der Waals surface area contributed by atoms with Gasteiger partial charge in [0.1, 0.15) is 5.75 Å². The zero-order valence-corrected chi connectivity index (χ0v) is 11.6. The molecule has 2 aromatic rings. The van der Waals surface area contributed by atoms with E-state index in [1.165, 1.54) is 0 Å². The highest BCUT2D eigenvalue weighted by molar-refractivity contribution is 5.28. The van der Waals surface area contributed by atoms with Gasteiger partial charge in [0.05, 0.1) is 19.3 Å². The summed E-state index contributed by atoms with van der Waals surface area (Å²) in [6, 6.07) is 16.9. The number of aliphatic hydroxyl groups is 2. The monoisotopic (exact) mass is 272 g/mol. The van der Waals surface area contributed by atoms with E-state index in [2.05, 4.69) is 0 Å². The second-order valence-corrected chi connectivity index (χ2v) is 4.79. The van der Waals surface area contributed by atoms with Crippen LogP contribution in [0.15, 0.2) is 54.6 Å². The third kappa shape index (κ3) is 3.83. The first-order valence-corrected chi connectivity index (χ1v) is 6.75. The number of methoxy groups -OCH3 is 1. The summed E-state index contributed by atoms with van der Waals surface area (Å²) in [5.74, 6) is 0.769. The summed E-state index contributed by atoms with van der Waals surface area (Å²) in [5.41, 5.74) is 1.72. The fraction of sp³-hybridized carbons (Fsp3) is 0.294. The highest BCUT2D eigenvalue weighted by Crippen LogP contribution is 2.25. The average Bonchev–Trinajstić information content (AvgIpc) is 2.53. The Bertz CT molecular complexity index is 508. The molecule has 0 aliphatic heterocycles. The fourth-order valence-corrected chi connectivity index (χ4v) is 2.15. The SMILES string of the molecule is COc1ccc([C@@H](O)CC[C@@H](O)c2ccccc2)cc1. The van der Waals surface area contributed by atoms with Crippen LogP contribution in [0.3, 0.4) is 0 Å². The maximum atomic E-state index is 10.1. The average molecular weight is 272 g/mol. The van der Waals surface area contributed by atoms with Crippen molar-refractivity contribution in [3.05, 3.63) is 65.7 Å². The summed E-state index contributed by atoms with van der Waals surface area (Å²) >= 11 is 0. The number of hydrogen-bond acceptors (Lipinski definition) is 3. The van der Waals surface area contributed by atoms with Crippen molar-refractivity contribution in [2.45, 2.75) is 25.0 Å². The molecule has 0 saturated carbocycles. The van der Waals surface area contributed by atoms with E-state index in [-0.39, 0.29) is 0 Å². The fourth-order valence-electron chi connectivity index (χ4n) is 2.15. The number of aliphatic hydroxyl groups excluding tert-OH is 2. The Hall–Kier alpha value is -1.84. The van der Waals surface area contributed by atoms with Crippen molar-refractivity contribution >= 4 is 0 Å². The van der Waals surface area contributed by atoms with E-state index >= 15 is 0 Å². The first-order valence-electron chi connectivity index (χ1n) is 6.75. The highest BCUT2D eigenvalue weighted by atomic mass is 16.5. The van der Waals surface area contributed by atoms with Crippen molar-refractivity contribution in [2.75, 3.05) is 7.11 Å². The molecule has 0 heterocycles. The molecule has 2 atom stereocenters. The van der Waals surface area contributed by atoms with Gasteiger partial charge in [-0.25, -0.2) is 0 Å². The minimum Gasteiger partial charge on any atom is -0.497 e. The Morgan fingerprint density at radius 1 is 0.800 bits per heavy atom. The van der Waals surface area contributed by atoms with Crippen molar-refractivity contribution in [3.63, 3.8) is 0 Å². The van der Waals surface area contributed by atoms with E-state index < -0.39 is 12.2 Å². The molecule has 2 N–H and O–H groups in total.